The molecule has 2 aromatic rings. The lowest BCUT2D eigenvalue weighted by Gasteiger charge is -2.20. The molecule has 0 aliphatic carbocycles. The SMILES string of the molecule is Oc1cccn2nc(CC3CCCCO3)nc12. The van der Waals surface area contributed by atoms with E-state index in [-0.39, 0.29) is 11.9 Å². The van der Waals surface area contributed by atoms with E-state index in [9.17, 15) is 5.11 Å². The Kier molecular flexibility index (Phi) is 2.68. The number of rotatable bonds is 2. The van der Waals surface area contributed by atoms with Crippen LogP contribution in [0.1, 0.15) is 25.1 Å². The van der Waals surface area contributed by atoms with Crippen LogP contribution >= 0.6 is 0 Å². The number of hydrogen-bond donors (Lipinski definition) is 1. The molecule has 0 radical (unpaired) electrons. The third-order valence-corrected chi connectivity index (χ3v) is 3.07. The largest absolute Gasteiger partial charge is 0.504 e. The van der Waals surface area contributed by atoms with E-state index < -0.39 is 0 Å². The molecule has 0 spiro atoms. The van der Waals surface area contributed by atoms with Gasteiger partial charge in [0.25, 0.3) is 0 Å². The van der Waals surface area contributed by atoms with Crippen LogP contribution in [0, 0.1) is 0 Å². The number of ether oxygens (including phenoxy) is 1. The highest BCUT2D eigenvalue weighted by Gasteiger charge is 2.17. The van der Waals surface area contributed by atoms with Crippen molar-refractivity contribution in [3.8, 4) is 5.75 Å². The summed E-state index contributed by atoms with van der Waals surface area (Å²) in [7, 11) is 0. The summed E-state index contributed by atoms with van der Waals surface area (Å²) in [6.07, 6.45) is 6.16. The standard InChI is InChI=1S/C12H15N3O2/c16-10-5-3-6-15-12(10)13-11(14-15)8-9-4-1-2-7-17-9/h3,5-6,9,16H,1-2,4,7-8H2. The maximum Gasteiger partial charge on any atom is 0.197 e. The molecule has 1 unspecified atom stereocenters. The first kappa shape index (κ1) is 10.5. The predicted octanol–water partition coefficient (Wildman–Crippen LogP) is 1.55. The molecule has 17 heavy (non-hydrogen) atoms. The molecular weight excluding hydrogens is 218 g/mol. The summed E-state index contributed by atoms with van der Waals surface area (Å²) in [5.41, 5.74) is 0.512. The van der Waals surface area contributed by atoms with E-state index in [4.69, 9.17) is 4.74 Å². The summed E-state index contributed by atoms with van der Waals surface area (Å²) in [5.74, 6) is 0.897. The monoisotopic (exact) mass is 233 g/mol. The van der Waals surface area contributed by atoms with Gasteiger partial charge in [0, 0.05) is 19.2 Å². The van der Waals surface area contributed by atoms with Gasteiger partial charge in [-0.2, -0.15) is 5.10 Å². The van der Waals surface area contributed by atoms with Crippen molar-refractivity contribution in [3.63, 3.8) is 0 Å². The third kappa shape index (κ3) is 2.10. The van der Waals surface area contributed by atoms with Crippen LogP contribution in [0.15, 0.2) is 18.3 Å². The van der Waals surface area contributed by atoms with Crippen molar-refractivity contribution in [2.45, 2.75) is 31.8 Å². The number of aromatic hydroxyl groups is 1. The molecule has 5 nitrogen and oxygen atoms in total. The lowest BCUT2D eigenvalue weighted by atomic mass is 10.1. The van der Waals surface area contributed by atoms with Gasteiger partial charge >= 0.3 is 0 Å². The van der Waals surface area contributed by atoms with Gasteiger partial charge in [0.15, 0.2) is 17.2 Å². The van der Waals surface area contributed by atoms with Crippen LogP contribution in [0.25, 0.3) is 5.65 Å². The maximum absolute atomic E-state index is 9.64. The van der Waals surface area contributed by atoms with Crippen molar-refractivity contribution in [1.82, 2.24) is 14.6 Å². The van der Waals surface area contributed by atoms with Crippen LogP contribution in [-0.2, 0) is 11.2 Å². The molecule has 1 fully saturated rings. The molecule has 2 aromatic heterocycles. The van der Waals surface area contributed by atoms with E-state index in [0.29, 0.717) is 5.65 Å². The molecule has 0 aromatic carbocycles. The molecule has 1 N–H and O–H groups in total. The van der Waals surface area contributed by atoms with E-state index in [1.165, 1.54) is 6.42 Å². The first-order chi connectivity index (χ1) is 8.33. The van der Waals surface area contributed by atoms with Crippen LogP contribution in [0.5, 0.6) is 5.75 Å². The van der Waals surface area contributed by atoms with E-state index in [1.54, 1.807) is 22.8 Å². The van der Waals surface area contributed by atoms with Crippen molar-refractivity contribution in [3.05, 3.63) is 24.2 Å². The average molecular weight is 233 g/mol. The van der Waals surface area contributed by atoms with Crippen LogP contribution in [0.2, 0.25) is 0 Å². The van der Waals surface area contributed by atoms with Gasteiger partial charge < -0.3 is 9.84 Å². The highest BCUT2D eigenvalue weighted by molar-refractivity contribution is 5.51. The topological polar surface area (TPSA) is 59.7 Å². The lowest BCUT2D eigenvalue weighted by Crippen LogP contribution is -2.21. The van der Waals surface area contributed by atoms with Gasteiger partial charge in [-0.05, 0) is 31.4 Å². The molecule has 5 heteroatoms. The second kappa shape index (κ2) is 4.33. The minimum absolute atomic E-state index is 0.163. The minimum atomic E-state index is 0.163. The van der Waals surface area contributed by atoms with E-state index in [1.807, 2.05) is 0 Å². The first-order valence-electron chi connectivity index (χ1n) is 5.98. The Bertz CT molecular complexity index is 517. The molecule has 0 bridgehead atoms. The van der Waals surface area contributed by atoms with Crippen molar-refractivity contribution in [1.29, 1.82) is 0 Å². The van der Waals surface area contributed by atoms with Crippen LogP contribution in [0.3, 0.4) is 0 Å². The number of hydrogen-bond acceptors (Lipinski definition) is 4. The minimum Gasteiger partial charge on any atom is -0.504 e. The highest BCUT2D eigenvalue weighted by Crippen LogP contribution is 2.18. The number of fused-ring (bicyclic) bond motifs is 1. The molecule has 3 heterocycles. The maximum atomic E-state index is 9.64. The summed E-state index contributed by atoms with van der Waals surface area (Å²) in [6.45, 7) is 0.837. The summed E-state index contributed by atoms with van der Waals surface area (Å²) in [4.78, 5) is 4.33. The summed E-state index contributed by atoms with van der Waals surface area (Å²) in [6, 6.07) is 3.36. The predicted molar refractivity (Wildman–Crippen MR) is 61.9 cm³/mol. The summed E-state index contributed by atoms with van der Waals surface area (Å²) >= 11 is 0. The summed E-state index contributed by atoms with van der Waals surface area (Å²) in [5, 5.41) is 14.0. The van der Waals surface area contributed by atoms with Crippen molar-refractivity contribution in [2.75, 3.05) is 6.61 Å². The fourth-order valence-electron chi connectivity index (χ4n) is 2.19. The van der Waals surface area contributed by atoms with Crippen LogP contribution < -0.4 is 0 Å². The van der Waals surface area contributed by atoms with Gasteiger partial charge in [-0.25, -0.2) is 9.50 Å². The van der Waals surface area contributed by atoms with Gasteiger partial charge in [-0.3, -0.25) is 0 Å². The Morgan fingerprint density at radius 2 is 2.41 bits per heavy atom. The van der Waals surface area contributed by atoms with Gasteiger partial charge in [-0.1, -0.05) is 0 Å². The fraction of sp³-hybridized carbons (Fsp3) is 0.500. The zero-order valence-electron chi connectivity index (χ0n) is 9.54. The third-order valence-electron chi connectivity index (χ3n) is 3.07. The second-order valence-corrected chi connectivity index (χ2v) is 4.38. The number of nitrogens with zero attached hydrogens (tertiary/aromatic N) is 3. The average Bonchev–Trinajstić information content (AvgIpc) is 2.74. The molecule has 1 aliphatic rings. The number of aromatic nitrogens is 3. The normalized spacial score (nSPS) is 20.8. The molecule has 1 atom stereocenters. The van der Waals surface area contributed by atoms with Gasteiger partial charge in [0.2, 0.25) is 0 Å². The molecule has 90 valence electrons. The molecular formula is C12H15N3O2. The van der Waals surface area contributed by atoms with E-state index in [0.717, 1.165) is 31.7 Å². The molecule has 0 amide bonds. The van der Waals surface area contributed by atoms with E-state index >= 15 is 0 Å². The molecule has 1 saturated heterocycles. The smallest absolute Gasteiger partial charge is 0.197 e. The van der Waals surface area contributed by atoms with Crippen molar-refractivity contribution in [2.24, 2.45) is 0 Å². The molecule has 1 aliphatic heterocycles. The Morgan fingerprint density at radius 3 is 3.18 bits per heavy atom. The number of pyridine rings is 1. The lowest BCUT2D eigenvalue weighted by molar-refractivity contribution is 0.0157. The highest BCUT2D eigenvalue weighted by atomic mass is 16.5. The van der Waals surface area contributed by atoms with Crippen LogP contribution in [0.4, 0.5) is 0 Å². The van der Waals surface area contributed by atoms with Crippen LogP contribution in [-0.4, -0.2) is 32.4 Å². The van der Waals surface area contributed by atoms with Crippen molar-refractivity contribution < 1.29 is 9.84 Å². The fourth-order valence-corrected chi connectivity index (χ4v) is 2.19. The Labute approximate surface area is 99.0 Å². The molecule has 3 rings (SSSR count). The van der Waals surface area contributed by atoms with Gasteiger partial charge in [0.1, 0.15) is 0 Å². The first-order valence-corrected chi connectivity index (χ1v) is 5.98. The van der Waals surface area contributed by atoms with E-state index in [2.05, 4.69) is 10.1 Å². The summed E-state index contributed by atoms with van der Waals surface area (Å²) < 4.78 is 7.26. The zero-order valence-corrected chi connectivity index (χ0v) is 9.54. The van der Waals surface area contributed by atoms with Gasteiger partial charge in [-0.15, -0.1) is 0 Å². The second-order valence-electron chi connectivity index (χ2n) is 4.38. The Balaban J connectivity index is 1.83. The van der Waals surface area contributed by atoms with Crippen molar-refractivity contribution >= 4 is 5.65 Å². The van der Waals surface area contributed by atoms with Gasteiger partial charge in [0.05, 0.1) is 6.10 Å². The quantitative estimate of drug-likeness (QED) is 0.854. The molecule has 0 saturated carbocycles. The Hall–Kier alpha value is -1.62. The zero-order chi connectivity index (χ0) is 11.7. The Morgan fingerprint density at radius 1 is 1.47 bits per heavy atom.